The number of fused-ring (bicyclic) bond motifs is 1. The molecule has 0 unspecified atom stereocenters. The number of amides is 2. The van der Waals surface area contributed by atoms with Gasteiger partial charge in [0.2, 0.25) is 5.88 Å². The summed E-state index contributed by atoms with van der Waals surface area (Å²) in [6.07, 6.45) is -1.03. The lowest BCUT2D eigenvalue weighted by Gasteiger charge is -2.37. The average molecular weight is 293 g/mol. The molecule has 0 aliphatic carbocycles. The van der Waals surface area contributed by atoms with Crippen LogP contribution in [0.25, 0.3) is 0 Å². The molecule has 0 saturated carbocycles. The summed E-state index contributed by atoms with van der Waals surface area (Å²) in [5, 5.41) is 3.01. The highest BCUT2D eigenvalue weighted by molar-refractivity contribution is 6.20. The first-order chi connectivity index (χ1) is 9.76. The maximum atomic E-state index is 12.5. The quantitative estimate of drug-likeness (QED) is 0.900. The molecule has 2 heterocycles. The van der Waals surface area contributed by atoms with Crippen LogP contribution < -0.4 is 15.0 Å². The van der Waals surface area contributed by atoms with Gasteiger partial charge in [-0.05, 0) is 33.8 Å². The van der Waals surface area contributed by atoms with Crippen LogP contribution >= 0.6 is 0 Å². The predicted molar refractivity (Wildman–Crippen MR) is 77.6 cm³/mol. The average Bonchev–Trinajstić information content (AvgIpc) is 2.38. The van der Waals surface area contributed by atoms with Crippen molar-refractivity contribution >= 4 is 23.5 Å². The zero-order valence-corrected chi connectivity index (χ0v) is 12.8. The van der Waals surface area contributed by atoms with E-state index in [1.54, 1.807) is 39.8 Å². The van der Waals surface area contributed by atoms with Gasteiger partial charge in [0.25, 0.3) is 5.91 Å². The number of rotatable bonds is 2. The number of hydrogen-bond donors (Lipinski definition) is 1. The highest BCUT2D eigenvalue weighted by atomic mass is 16.6. The van der Waals surface area contributed by atoms with Gasteiger partial charge in [-0.2, -0.15) is 4.98 Å². The summed E-state index contributed by atoms with van der Waals surface area (Å²) in [7, 11) is 1.50. The molecule has 0 atom stereocenters. The Morgan fingerprint density at radius 1 is 1.38 bits per heavy atom. The number of hydrogen-bond acceptors (Lipinski definition) is 6. The van der Waals surface area contributed by atoms with E-state index in [1.807, 2.05) is 0 Å². The lowest BCUT2D eigenvalue weighted by molar-refractivity contribution is -0.121. The monoisotopic (exact) mass is 293 g/mol. The molecule has 0 aromatic carbocycles. The lowest BCUT2D eigenvalue weighted by atomic mass is 10.00. The number of nitrogens with one attached hydrogen (secondary N) is 1. The van der Waals surface area contributed by atoms with Gasteiger partial charge in [-0.3, -0.25) is 4.79 Å². The van der Waals surface area contributed by atoms with Crippen LogP contribution in [0.4, 0.5) is 16.3 Å². The van der Waals surface area contributed by atoms with Gasteiger partial charge in [-0.15, -0.1) is 0 Å². The van der Waals surface area contributed by atoms with Crippen LogP contribution in [0, 0.1) is 0 Å². The van der Waals surface area contributed by atoms with Gasteiger partial charge in [-0.1, -0.05) is 0 Å². The summed E-state index contributed by atoms with van der Waals surface area (Å²) in [6, 6.07) is 3.19. The van der Waals surface area contributed by atoms with Crippen molar-refractivity contribution in [2.75, 3.05) is 17.3 Å². The second-order valence-corrected chi connectivity index (χ2v) is 5.54. The molecule has 2 rings (SSSR count). The first kappa shape index (κ1) is 15.1. The Kier molecular flexibility index (Phi) is 3.76. The summed E-state index contributed by atoms with van der Waals surface area (Å²) >= 11 is 0. The zero-order valence-electron chi connectivity index (χ0n) is 12.8. The summed E-state index contributed by atoms with van der Waals surface area (Å²) in [5.41, 5.74) is -0.617. The van der Waals surface area contributed by atoms with E-state index in [-0.39, 0.29) is 6.10 Å². The van der Waals surface area contributed by atoms with Crippen molar-refractivity contribution in [2.24, 2.45) is 0 Å². The molecule has 2 amide bonds. The minimum absolute atomic E-state index is 0.321. The van der Waals surface area contributed by atoms with E-state index in [0.717, 1.165) is 4.90 Å². The largest absolute Gasteiger partial charge is 0.481 e. The highest BCUT2D eigenvalue weighted by Gasteiger charge is 2.43. The van der Waals surface area contributed by atoms with Gasteiger partial charge in [0.1, 0.15) is 5.54 Å². The first-order valence-electron chi connectivity index (χ1n) is 6.64. The van der Waals surface area contributed by atoms with Crippen molar-refractivity contribution in [3.63, 3.8) is 0 Å². The van der Waals surface area contributed by atoms with E-state index < -0.39 is 17.5 Å². The van der Waals surface area contributed by atoms with Gasteiger partial charge < -0.3 is 14.8 Å². The number of aromatic nitrogens is 1. The van der Waals surface area contributed by atoms with E-state index in [9.17, 15) is 9.59 Å². The Morgan fingerprint density at radius 2 is 2.05 bits per heavy atom. The predicted octanol–water partition coefficient (Wildman–Crippen LogP) is 2.17. The van der Waals surface area contributed by atoms with Crippen LogP contribution in [-0.4, -0.2) is 35.7 Å². The van der Waals surface area contributed by atoms with Gasteiger partial charge in [0, 0.05) is 6.07 Å². The third-order valence-electron chi connectivity index (χ3n) is 2.99. The smallest absolute Gasteiger partial charge is 0.421 e. The van der Waals surface area contributed by atoms with Crippen molar-refractivity contribution in [2.45, 2.75) is 39.3 Å². The molecular weight excluding hydrogens is 274 g/mol. The minimum atomic E-state index is -0.970. The minimum Gasteiger partial charge on any atom is -0.481 e. The van der Waals surface area contributed by atoms with Crippen molar-refractivity contribution in [1.82, 2.24) is 4.98 Å². The second-order valence-electron chi connectivity index (χ2n) is 5.54. The zero-order chi connectivity index (χ0) is 15.8. The second kappa shape index (κ2) is 5.23. The third kappa shape index (κ3) is 2.76. The molecule has 1 aromatic rings. The fourth-order valence-electron chi connectivity index (χ4n) is 1.99. The Bertz CT molecular complexity index is 584. The molecule has 7 heteroatoms. The molecular formula is C14H19N3O4. The van der Waals surface area contributed by atoms with Crippen LogP contribution in [-0.2, 0) is 9.53 Å². The van der Waals surface area contributed by atoms with E-state index in [1.165, 1.54) is 7.11 Å². The van der Waals surface area contributed by atoms with Crippen molar-refractivity contribution < 1.29 is 19.1 Å². The SMILES string of the molecule is COc1ccc2c(n1)NC(C)(C)C(=O)N2C(=O)OC(C)C. The Balaban J connectivity index is 2.49. The molecule has 21 heavy (non-hydrogen) atoms. The normalized spacial score (nSPS) is 16.3. The summed E-state index contributed by atoms with van der Waals surface area (Å²) < 4.78 is 10.2. The van der Waals surface area contributed by atoms with Crippen LogP contribution in [0.5, 0.6) is 5.88 Å². The lowest BCUT2D eigenvalue weighted by Crippen LogP contribution is -2.56. The standard InChI is InChI=1S/C14H19N3O4/c1-8(2)21-13(19)17-9-6-7-10(20-5)15-11(9)16-14(3,4)12(17)18/h6-8H,1-5H3,(H,15,16). The number of imide groups is 1. The topological polar surface area (TPSA) is 80.8 Å². The van der Waals surface area contributed by atoms with Crippen molar-refractivity contribution in [3.05, 3.63) is 12.1 Å². The molecule has 1 N–H and O–H groups in total. The molecule has 0 spiro atoms. The number of carbonyl (C=O) groups is 2. The third-order valence-corrected chi connectivity index (χ3v) is 2.99. The van der Waals surface area contributed by atoms with Crippen LogP contribution in [0.3, 0.4) is 0 Å². The number of pyridine rings is 1. The molecule has 0 bridgehead atoms. The maximum absolute atomic E-state index is 12.5. The van der Waals surface area contributed by atoms with E-state index in [4.69, 9.17) is 9.47 Å². The first-order valence-corrected chi connectivity index (χ1v) is 6.64. The molecule has 0 saturated heterocycles. The van der Waals surface area contributed by atoms with Gasteiger partial charge in [0.15, 0.2) is 5.82 Å². The molecule has 114 valence electrons. The van der Waals surface area contributed by atoms with Crippen LogP contribution in [0.1, 0.15) is 27.7 Å². The van der Waals surface area contributed by atoms with Crippen LogP contribution in [0.15, 0.2) is 12.1 Å². The highest BCUT2D eigenvalue weighted by Crippen LogP contribution is 2.35. The molecule has 1 aliphatic rings. The number of carbonyl (C=O) groups excluding carboxylic acids is 2. The Hall–Kier alpha value is -2.31. The summed E-state index contributed by atoms with van der Waals surface area (Å²) in [5.74, 6) is 0.399. The fraction of sp³-hybridized carbons (Fsp3) is 0.500. The van der Waals surface area contributed by atoms with E-state index >= 15 is 0 Å². The maximum Gasteiger partial charge on any atom is 0.421 e. The molecule has 0 fully saturated rings. The number of anilines is 2. The van der Waals surface area contributed by atoms with E-state index in [2.05, 4.69) is 10.3 Å². The van der Waals surface area contributed by atoms with Gasteiger partial charge in [-0.25, -0.2) is 9.69 Å². The molecule has 7 nitrogen and oxygen atoms in total. The fourth-order valence-corrected chi connectivity index (χ4v) is 1.99. The number of nitrogens with zero attached hydrogens (tertiary/aromatic N) is 2. The number of ether oxygens (including phenoxy) is 2. The van der Waals surface area contributed by atoms with Crippen molar-refractivity contribution in [3.8, 4) is 5.88 Å². The summed E-state index contributed by atoms with van der Waals surface area (Å²) in [4.78, 5) is 30.0. The van der Waals surface area contributed by atoms with Crippen molar-refractivity contribution in [1.29, 1.82) is 0 Å². The Labute approximate surface area is 123 Å². The van der Waals surface area contributed by atoms with E-state index in [0.29, 0.717) is 17.4 Å². The van der Waals surface area contributed by atoms with Gasteiger partial charge >= 0.3 is 6.09 Å². The summed E-state index contributed by atoms with van der Waals surface area (Å²) in [6.45, 7) is 6.80. The van der Waals surface area contributed by atoms with Gasteiger partial charge in [0.05, 0.1) is 18.9 Å². The molecule has 1 aromatic heterocycles. The Morgan fingerprint density at radius 3 is 2.62 bits per heavy atom. The molecule has 0 radical (unpaired) electrons. The molecule has 1 aliphatic heterocycles. The van der Waals surface area contributed by atoms with Crippen LogP contribution in [0.2, 0.25) is 0 Å². The number of methoxy groups -OCH3 is 1.